The van der Waals surface area contributed by atoms with Gasteiger partial charge in [0.1, 0.15) is 0 Å². The zero-order valence-corrected chi connectivity index (χ0v) is 16.5. The molecule has 2 atom stereocenters. The van der Waals surface area contributed by atoms with E-state index in [9.17, 15) is 4.79 Å². The van der Waals surface area contributed by atoms with Gasteiger partial charge in [0.2, 0.25) is 0 Å². The molecule has 2 heterocycles. The van der Waals surface area contributed by atoms with E-state index >= 15 is 0 Å². The topological polar surface area (TPSA) is 47.6 Å². The number of amides is 1. The van der Waals surface area contributed by atoms with Gasteiger partial charge in [0.25, 0.3) is 5.91 Å². The van der Waals surface area contributed by atoms with Crippen LogP contribution < -0.4 is 10.9 Å². The first kappa shape index (κ1) is 19.3. The molecule has 5 heteroatoms. The average molecular weight is 359 g/mol. The highest BCUT2D eigenvalue weighted by Gasteiger charge is 2.29. The highest BCUT2D eigenvalue weighted by molar-refractivity contribution is 5.94. The monoisotopic (exact) mass is 358 g/mol. The fraction of sp³-hybridized carbons (Fsp3) is 0.667. The Kier molecular flexibility index (Phi) is 6.68. The van der Waals surface area contributed by atoms with Crippen LogP contribution in [-0.4, -0.2) is 54.5 Å². The number of carbonyl (C=O) groups excluding carboxylic acids is 1. The minimum absolute atomic E-state index is 0.119. The lowest BCUT2D eigenvalue weighted by Gasteiger charge is -2.26. The number of nitrogens with zero attached hydrogens (tertiary/aromatic N) is 2. The van der Waals surface area contributed by atoms with Crippen LogP contribution in [0, 0.1) is 5.92 Å². The number of likely N-dealkylation sites (tertiary alicyclic amines) is 1. The zero-order valence-electron chi connectivity index (χ0n) is 16.5. The summed E-state index contributed by atoms with van der Waals surface area (Å²) in [6.07, 6.45) is 4.99. The van der Waals surface area contributed by atoms with E-state index in [4.69, 9.17) is 0 Å². The fourth-order valence-corrected chi connectivity index (χ4v) is 4.20. The minimum atomic E-state index is 0.119. The van der Waals surface area contributed by atoms with E-state index in [0.717, 1.165) is 25.1 Å². The van der Waals surface area contributed by atoms with Gasteiger partial charge in [-0.3, -0.25) is 20.5 Å². The first-order chi connectivity index (χ1) is 12.5. The lowest BCUT2D eigenvalue weighted by atomic mass is 9.93. The van der Waals surface area contributed by atoms with Crippen molar-refractivity contribution in [2.45, 2.75) is 58.2 Å². The summed E-state index contributed by atoms with van der Waals surface area (Å²) in [5.41, 5.74) is 8.67. The summed E-state index contributed by atoms with van der Waals surface area (Å²) in [6, 6.07) is 9.10. The SMILES string of the molecule is CC1NNC(C)C1CCN(C)C(=O)c1ccc(CN2CCCCC2)cc1. The number of benzene rings is 1. The van der Waals surface area contributed by atoms with Crippen molar-refractivity contribution in [3.8, 4) is 0 Å². The third-order valence-electron chi connectivity index (χ3n) is 6.02. The molecule has 0 aliphatic carbocycles. The van der Waals surface area contributed by atoms with Gasteiger partial charge in [0, 0.05) is 37.8 Å². The lowest BCUT2D eigenvalue weighted by Crippen LogP contribution is -2.32. The Hall–Kier alpha value is -1.43. The van der Waals surface area contributed by atoms with E-state index < -0.39 is 0 Å². The molecule has 2 aliphatic heterocycles. The van der Waals surface area contributed by atoms with Crippen LogP contribution in [0.1, 0.15) is 55.5 Å². The molecular formula is C21H34N4O. The second kappa shape index (κ2) is 8.98. The molecule has 2 N–H and O–H groups in total. The number of carbonyl (C=O) groups is 1. The molecule has 1 aromatic rings. The van der Waals surface area contributed by atoms with Crippen LogP contribution in [-0.2, 0) is 6.54 Å². The molecule has 0 saturated carbocycles. The smallest absolute Gasteiger partial charge is 0.253 e. The average Bonchev–Trinajstić information content (AvgIpc) is 2.98. The van der Waals surface area contributed by atoms with Crippen LogP contribution in [0.25, 0.3) is 0 Å². The number of nitrogens with one attached hydrogen (secondary N) is 2. The molecule has 0 bridgehead atoms. The minimum Gasteiger partial charge on any atom is -0.342 e. The molecule has 2 aliphatic rings. The molecule has 3 rings (SSSR count). The van der Waals surface area contributed by atoms with Crippen molar-refractivity contribution in [2.24, 2.45) is 5.92 Å². The number of hydrogen-bond acceptors (Lipinski definition) is 4. The van der Waals surface area contributed by atoms with Gasteiger partial charge in [-0.15, -0.1) is 0 Å². The quantitative estimate of drug-likeness (QED) is 0.821. The Balaban J connectivity index is 1.50. The molecule has 5 nitrogen and oxygen atoms in total. The maximum absolute atomic E-state index is 12.7. The van der Waals surface area contributed by atoms with Gasteiger partial charge in [-0.25, -0.2) is 0 Å². The molecule has 1 amide bonds. The van der Waals surface area contributed by atoms with Crippen molar-refractivity contribution in [1.29, 1.82) is 0 Å². The maximum atomic E-state index is 12.7. The molecular weight excluding hydrogens is 324 g/mol. The van der Waals surface area contributed by atoms with Crippen LogP contribution in [0.2, 0.25) is 0 Å². The predicted molar refractivity (Wildman–Crippen MR) is 106 cm³/mol. The van der Waals surface area contributed by atoms with E-state index in [-0.39, 0.29) is 5.91 Å². The summed E-state index contributed by atoms with van der Waals surface area (Å²) in [5.74, 6) is 0.672. The Bertz CT molecular complexity index is 572. The van der Waals surface area contributed by atoms with Crippen molar-refractivity contribution >= 4 is 5.91 Å². The second-order valence-corrected chi connectivity index (χ2v) is 8.08. The van der Waals surface area contributed by atoms with Gasteiger partial charge in [0.15, 0.2) is 0 Å². The van der Waals surface area contributed by atoms with Crippen LogP contribution in [0.4, 0.5) is 0 Å². The van der Waals surface area contributed by atoms with E-state index in [0.29, 0.717) is 18.0 Å². The molecule has 144 valence electrons. The van der Waals surface area contributed by atoms with Crippen molar-refractivity contribution in [2.75, 3.05) is 26.7 Å². The van der Waals surface area contributed by atoms with Crippen molar-refractivity contribution in [1.82, 2.24) is 20.7 Å². The lowest BCUT2D eigenvalue weighted by molar-refractivity contribution is 0.0785. The van der Waals surface area contributed by atoms with Crippen molar-refractivity contribution in [3.05, 3.63) is 35.4 Å². The number of rotatable bonds is 6. The number of piperidine rings is 1. The summed E-state index contributed by atoms with van der Waals surface area (Å²) in [6.45, 7) is 8.59. The first-order valence-corrected chi connectivity index (χ1v) is 10.1. The number of hydrogen-bond donors (Lipinski definition) is 2. The molecule has 2 saturated heterocycles. The molecule has 26 heavy (non-hydrogen) atoms. The first-order valence-electron chi connectivity index (χ1n) is 10.1. The van der Waals surface area contributed by atoms with Crippen molar-refractivity contribution in [3.63, 3.8) is 0 Å². The largest absolute Gasteiger partial charge is 0.342 e. The second-order valence-electron chi connectivity index (χ2n) is 8.08. The van der Waals surface area contributed by atoms with Crippen LogP contribution in [0.15, 0.2) is 24.3 Å². The summed E-state index contributed by atoms with van der Waals surface area (Å²) in [5, 5.41) is 0. The molecule has 0 spiro atoms. The van der Waals surface area contributed by atoms with Crippen molar-refractivity contribution < 1.29 is 4.79 Å². The van der Waals surface area contributed by atoms with Gasteiger partial charge < -0.3 is 4.90 Å². The normalized spacial score (nSPS) is 26.8. The van der Waals surface area contributed by atoms with Crippen LogP contribution in [0.5, 0.6) is 0 Å². The van der Waals surface area contributed by atoms with E-state index in [2.05, 4.69) is 41.7 Å². The maximum Gasteiger partial charge on any atom is 0.253 e. The third kappa shape index (κ3) is 4.84. The summed E-state index contributed by atoms with van der Waals surface area (Å²) in [4.78, 5) is 17.1. The third-order valence-corrected chi connectivity index (χ3v) is 6.02. The van der Waals surface area contributed by atoms with Gasteiger partial charge >= 0.3 is 0 Å². The van der Waals surface area contributed by atoms with Crippen LogP contribution in [0.3, 0.4) is 0 Å². The van der Waals surface area contributed by atoms with E-state index in [1.54, 1.807) is 0 Å². The van der Waals surface area contributed by atoms with E-state index in [1.807, 2.05) is 24.1 Å². The standard InChI is InChI=1S/C21H34N4O/c1-16-20(17(2)23-22-16)11-14-24(3)21(26)19-9-7-18(8-10-19)15-25-12-5-4-6-13-25/h7-10,16-17,20,22-23H,4-6,11-15H2,1-3H3. The van der Waals surface area contributed by atoms with Crippen LogP contribution >= 0.6 is 0 Å². The molecule has 2 fully saturated rings. The Morgan fingerprint density at radius 1 is 1.08 bits per heavy atom. The highest BCUT2D eigenvalue weighted by Crippen LogP contribution is 2.19. The Labute approximate surface area is 158 Å². The molecule has 0 aromatic heterocycles. The fourth-order valence-electron chi connectivity index (χ4n) is 4.20. The van der Waals surface area contributed by atoms with Gasteiger partial charge in [-0.05, 0) is 69.8 Å². The summed E-state index contributed by atoms with van der Waals surface area (Å²) < 4.78 is 0. The predicted octanol–water partition coefficient (Wildman–Crippen LogP) is 2.64. The highest BCUT2D eigenvalue weighted by atomic mass is 16.2. The molecule has 2 unspecified atom stereocenters. The summed E-state index contributed by atoms with van der Waals surface area (Å²) in [7, 11) is 1.91. The Morgan fingerprint density at radius 2 is 1.69 bits per heavy atom. The molecule has 1 aromatic carbocycles. The summed E-state index contributed by atoms with van der Waals surface area (Å²) >= 11 is 0. The van der Waals surface area contributed by atoms with E-state index in [1.165, 1.54) is 37.9 Å². The zero-order chi connectivity index (χ0) is 18.5. The number of hydrazine groups is 1. The van der Waals surface area contributed by atoms with Gasteiger partial charge in [-0.2, -0.15) is 0 Å². The van der Waals surface area contributed by atoms with Gasteiger partial charge in [-0.1, -0.05) is 18.6 Å². The molecule has 0 radical (unpaired) electrons. The Morgan fingerprint density at radius 3 is 2.31 bits per heavy atom. The van der Waals surface area contributed by atoms with Gasteiger partial charge in [0.05, 0.1) is 0 Å².